The van der Waals surface area contributed by atoms with E-state index in [4.69, 9.17) is 4.74 Å². The summed E-state index contributed by atoms with van der Waals surface area (Å²) in [6.07, 6.45) is 4.09. The predicted molar refractivity (Wildman–Crippen MR) is 64.4 cm³/mol. The van der Waals surface area contributed by atoms with Crippen molar-refractivity contribution in [3.05, 3.63) is 0 Å². The topological polar surface area (TPSA) is 50.7 Å². The molecule has 16 heavy (non-hydrogen) atoms. The van der Waals surface area contributed by atoms with Crippen molar-refractivity contribution in [1.82, 2.24) is 5.43 Å². The van der Waals surface area contributed by atoms with E-state index < -0.39 is 11.7 Å². The first kappa shape index (κ1) is 13.0. The Morgan fingerprint density at radius 2 is 2.12 bits per heavy atom. The minimum atomic E-state index is -0.474. The molecule has 1 aliphatic rings. The first-order valence-electron chi connectivity index (χ1n) is 5.94. The zero-order valence-corrected chi connectivity index (χ0v) is 10.7. The van der Waals surface area contributed by atoms with Gasteiger partial charge in [0.1, 0.15) is 5.60 Å². The Labute approximate surface area is 97.4 Å². The summed E-state index contributed by atoms with van der Waals surface area (Å²) < 4.78 is 5.11. The maximum absolute atomic E-state index is 11.4. The summed E-state index contributed by atoms with van der Waals surface area (Å²) in [6.45, 7) is 7.66. The van der Waals surface area contributed by atoms with E-state index in [0.29, 0.717) is 5.92 Å². The van der Waals surface area contributed by atoms with Crippen molar-refractivity contribution in [3.8, 4) is 0 Å². The molecule has 0 aliphatic heterocycles. The molecule has 0 aromatic rings. The number of nitrogens with one attached hydrogen (secondary N) is 1. The lowest BCUT2D eigenvalue weighted by Gasteiger charge is -2.21. The molecule has 0 saturated heterocycles. The SMILES string of the molecule is CC1CCCC/C1=N\NC(=O)OC(C)(C)C. The second-order valence-corrected chi connectivity index (χ2v) is 5.36. The van der Waals surface area contributed by atoms with Gasteiger partial charge < -0.3 is 4.74 Å². The molecule has 0 aromatic heterocycles. The number of hydrogen-bond donors (Lipinski definition) is 1. The molecule has 0 heterocycles. The van der Waals surface area contributed by atoms with Crippen LogP contribution < -0.4 is 5.43 Å². The lowest BCUT2D eigenvalue weighted by Crippen LogP contribution is -2.31. The van der Waals surface area contributed by atoms with Gasteiger partial charge in [0.05, 0.1) is 0 Å². The Morgan fingerprint density at radius 1 is 1.44 bits per heavy atom. The molecule has 1 rings (SSSR count). The molecule has 1 fully saturated rings. The summed E-state index contributed by atoms with van der Waals surface area (Å²) in [6, 6.07) is 0. The van der Waals surface area contributed by atoms with Gasteiger partial charge in [-0.25, -0.2) is 10.2 Å². The number of nitrogens with zero attached hydrogens (tertiary/aromatic N) is 1. The van der Waals surface area contributed by atoms with Crippen LogP contribution in [0.15, 0.2) is 5.10 Å². The number of hydrogen-bond acceptors (Lipinski definition) is 3. The summed E-state index contributed by atoms with van der Waals surface area (Å²) in [5.74, 6) is 0.476. The number of hydrazone groups is 1. The Kier molecular flexibility index (Phi) is 4.33. The van der Waals surface area contributed by atoms with Gasteiger partial charge in [-0.05, 0) is 46.0 Å². The highest BCUT2D eigenvalue weighted by Crippen LogP contribution is 2.20. The van der Waals surface area contributed by atoms with Crippen molar-refractivity contribution >= 4 is 11.8 Å². The molecule has 1 N–H and O–H groups in total. The molecule has 0 bridgehead atoms. The average molecular weight is 226 g/mol. The van der Waals surface area contributed by atoms with Gasteiger partial charge in [0.25, 0.3) is 0 Å². The monoisotopic (exact) mass is 226 g/mol. The summed E-state index contributed by atoms with van der Waals surface area (Å²) in [7, 11) is 0. The molecule has 92 valence electrons. The van der Waals surface area contributed by atoms with E-state index in [2.05, 4.69) is 17.5 Å². The number of ether oxygens (including phenoxy) is 1. The highest BCUT2D eigenvalue weighted by molar-refractivity contribution is 5.87. The Morgan fingerprint density at radius 3 is 2.69 bits per heavy atom. The zero-order chi connectivity index (χ0) is 12.2. The second kappa shape index (κ2) is 5.32. The van der Waals surface area contributed by atoms with Crippen molar-refractivity contribution in [3.63, 3.8) is 0 Å². The van der Waals surface area contributed by atoms with Crippen LogP contribution in [0.3, 0.4) is 0 Å². The van der Waals surface area contributed by atoms with Gasteiger partial charge in [-0.2, -0.15) is 5.10 Å². The van der Waals surface area contributed by atoms with Gasteiger partial charge in [0.15, 0.2) is 0 Å². The summed E-state index contributed by atoms with van der Waals surface area (Å²) >= 11 is 0. The first-order valence-corrected chi connectivity index (χ1v) is 5.94. The molecule has 1 atom stereocenters. The molecule has 1 amide bonds. The predicted octanol–water partition coefficient (Wildman–Crippen LogP) is 3.08. The average Bonchev–Trinajstić information content (AvgIpc) is 2.14. The van der Waals surface area contributed by atoms with Crippen molar-refractivity contribution < 1.29 is 9.53 Å². The van der Waals surface area contributed by atoms with Gasteiger partial charge in [-0.15, -0.1) is 0 Å². The fraction of sp³-hybridized carbons (Fsp3) is 0.833. The van der Waals surface area contributed by atoms with Gasteiger partial charge >= 0.3 is 6.09 Å². The largest absolute Gasteiger partial charge is 0.443 e. The molecule has 1 unspecified atom stereocenters. The zero-order valence-electron chi connectivity index (χ0n) is 10.7. The van der Waals surface area contributed by atoms with Crippen LogP contribution in [0.4, 0.5) is 4.79 Å². The number of carbonyl (C=O) groups is 1. The van der Waals surface area contributed by atoms with E-state index in [1.54, 1.807) is 0 Å². The van der Waals surface area contributed by atoms with E-state index in [9.17, 15) is 4.79 Å². The van der Waals surface area contributed by atoms with Gasteiger partial charge in [-0.3, -0.25) is 0 Å². The Balaban J connectivity index is 2.42. The molecule has 0 spiro atoms. The fourth-order valence-electron chi connectivity index (χ4n) is 1.75. The van der Waals surface area contributed by atoms with Crippen molar-refractivity contribution in [2.24, 2.45) is 11.0 Å². The molecule has 1 aliphatic carbocycles. The third-order valence-corrected chi connectivity index (χ3v) is 2.58. The van der Waals surface area contributed by atoms with Crippen LogP contribution in [-0.2, 0) is 4.74 Å². The van der Waals surface area contributed by atoms with Crippen LogP contribution in [0.5, 0.6) is 0 Å². The van der Waals surface area contributed by atoms with Crippen molar-refractivity contribution in [2.75, 3.05) is 0 Å². The van der Waals surface area contributed by atoms with Crippen molar-refractivity contribution in [2.45, 2.75) is 59.0 Å². The lowest BCUT2D eigenvalue weighted by molar-refractivity contribution is 0.0528. The van der Waals surface area contributed by atoms with Crippen LogP contribution in [0.1, 0.15) is 53.4 Å². The van der Waals surface area contributed by atoms with E-state index in [0.717, 1.165) is 18.6 Å². The van der Waals surface area contributed by atoms with E-state index in [1.807, 2.05) is 20.8 Å². The Bertz CT molecular complexity index is 279. The summed E-state index contributed by atoms with van der Waals surface area (Å²) in [5.41, 5.74) is 3.08. The van der Waals surface area contributed by atoms with Crippen LogP contribution in [0.2, 0.25) is 0 Å². The molecule has 4 heteroatoms. The van der Waals surface area contributed by atoms with Crippen LogP contribution >= 0.6 is 0 Å². The van der Waals surface area contributed by atoms with Crippen LogP contribution in [0.25, 0.3) is 0 Å². The van der Waals surface area contributed by atoms with Gasteiger partial charge in [-0.1, -0.05) is 13.3 Å². The number of amides is 1. The first-order chi connectivity index (χ1) is 7.38. The van der Waals surface area contributed by atoms with E-state index in [1.165, 1.54) is 12.8 Å². The Hall–Kier alpha value is -1.06. The van der Waals surface area contributed by atoms with E-state index >= 15 is 0 Å². The third kappa shape index (κ3) is 4.64. The van der Waals surface area contributed by atoms with Crippen LogP contribution in [-0.4, -0.2) is 17.4 Å². The fourth-order valence-corrected chi connectivity index (χ4v) is 1.75. The summed E-state index contributed by atoms with van der Waals surface area (Å²) in [4.78, 5) is 11.4. The third-order valence-electron chi connectivity index (χ3n) is 2.58. The molecule has 4 nitrogen and oxygen atoms in total. The molecule has 0 aromatic carbocycles. The van der Waals surface area contributed by atoms with Gasteiger partial charge in [0.2, 0.25) is 0 Å². The number of carbonyl (C=O) groups excluding carboxylic acids is 1. The minimum Gasteiger partial charge on any atom is -0.443 e. The molecular formula is C12H22N2O2. The maximum atomic E-state index is 11.4. The molecule has 1 saturated carbocycles. The highest BCUT2D eigenvalue weighted by atomic mass is 16.6. The maximum Gasteiger partial charge on any atom is 0.428 e. The normalized spacial score (nSPS) is 24.2. The highest BCUT2D eigenvalue weighted by Gasteiger charge is 2.18. The van der Waals surface area contributed by atoms with Crippen LogP contribution in [0, 0.1) is 5.92 Å². The second-order valence-electron chi connectivity index (χ2n) is 5.36. The smallest absolute Gasteiger partial charge is 0.428 e. The summed E-state index contributed by atoms with van der Waals surface area (Å²) in [5, 5.41) is 4.14. The molecule has 0 radical (unpaired) electrons. The number of rotatable bonds is 1. The molecular weight excluding hydrogens is 204 g/mol. The quantitative estimate of drug-likeness (QED) is 0.698. The lowest BCUT2D eigenvalue weighted by atomic mass is 9.89. The van der Waals surface area contributed by atoms with E-state index in [-0.39, 0.29) is 0 Å². The minimum absolute atomic E-state index is 0.470. The van der Waals surface area contributed by atoms with Gasteiger partial charge in [0, 0.05) is 5.71 Å². The van der Waals surface area contributed by atoms with Crippen molar-refractivity contribution in [1.29, 1.82) is 0 Å². The standard InChI is InChI=1S/C12H22N2O2/c1-9-7-5-6-8-10(9)13-14-11(15)16-12(2,3)4/h9H,5-8H2,1-4H3,(H,14,15)/b13-10+.